The van der Waals surface area contributed by atoms with Gasteiger partial charge < -0.3 is 20.5 Å². The molecule has 7 heteroatoms. The van der Waals surface area contributed by atoms with Crippen molar-refractivity contribution in [3.63, 3.8) is 0 Å². The summed E-state index contributed by atoms with van der Waals surface area (Å²) in [7, 11) is 1.83. The van der Waals surface area contributed by atoms with Gasteiger partial charge in [-0.25, -0.2) is 4.99 Å². The maximum absolute atomic E-state index is 10.7. The van der Waals surface area contributed by atoms with E-state index in [1.807, 2.05) is 26.2 Å². The van der Waals surface area contributed by atoms with Crippen molar-refractivity contribution in [2.75, 3.05) is 32.8 Å². The van der Waals surface area contributed by atoms with Crippen LogP contribution in [0.1, 0.15) is 37.8 Å². The molecule has 0 saturated heterocycles. The van der Waals surface area contributed by atoms with Crippen molar-refractivity contribution >= 4 is 5.96 Å². The second-order valence-corrected chi connectivity index (χ2v) is 7.35. The van der Waals surface area contributed by atoms with Crippen LogP contribution in [0.15, 0.2) is 47.7 Å². The Labute approximate surface area is 174 Å². The fraction of sp³-hybridized carbons (Fsp3) is 0.545. The van der Waals surface area contributed by atoms with Gasteiger partial charge in [0.25, 0.3) is 0 Å². The molecule has 0 spiro atoms. The van der Waals surface area contributed by atoms with Crippen LogP contribution in [-0.2, 0) is 23.8 Å². The number of ether oxygens (including phenoxy) is 1. The fourth-order valence-corrected chi connectivity index (χ4v) is 2.84. The minimum atomic E-state index is -1.05. The lowest BCUT2D eigenvalue weighted by atomic mass is 10.0. The number of hydrogen-bond acceptors (Lipinski definition) is 4. The zero-order valence-electron chi connectivity index (χ0n) is 17.9. The number of aryl methyl sites for hydroxylation is 1. The van der Waals surface area contributed by atoms with Gasteiger partial charge in [-0.15, -0.1) is 0 Å². The predicted octanol–water partition coefficient (Wildman–Crippen LogP) is 2.22. The SMILES string of the molecule is CCNC(=NCC(C)(O)c1cnn(C)c1)NCCCCOCCc1ccccc1. The number of nitrogens with zero attached hydrogens (tertiary/aromatic N) is 3. The van der Waals surface area contributed by atoms with Gasteiger partial charge in [-0.3, -0.25) is 4.68 Å². The molecule has 160 valence electrons. The Kier molecular flexibility index (Phi) is 9.67. The van der Waals surface area contributed by atoms with Gasteiger partial charge in [0.15, 0.2) is 5.96 Å². The van der Waals surface area contributed by atoms with E-state index < -0.39 is 5.60 Å². The first kappa shape index (κ1) is 22.9. The van der Waals surface area contributed by atoms with E-state index in [0.29, 0.717) is 5.96 Å². The molecule has 0 amide bonds. The highest BCUT2D eigenvalue weighted by atomic mass is 16.5. The molecule has 1 aromatic heterocycles. The number of aromatic nitrogens is 2. The number of nitrogens with one attached hydrogen (secondary N) is 2. The first-order valence-electron chi connectivity index (χ1n) is 10.4. The maximum atomic E-state index is 10.7. The van der Waals surface area contributed by atoms with Gasteiger partial charge in [-0.2, -0.15) is 5.10 Å². The number of hydrogen-bond donors (Lipinski definition) is 3. The summed E-state index contributed by atoms with van der Waals surface area (Å²) in [6.07, 6.45) is 6.43. The third kappa shape index (κ3) is 8.66. The Morgan fingerprint density at radius 1 is 1.21 bits per heavy atom. The van der Waals surface area contributed by atoms with E-state index in [2.05, 4.69) is 45.0 Å². The molecule has 0 fully saturated rings. The summed E-state index contributed by atoms with van der Waals surface area (Å²) in [5, 5.41) is 21.3. The van der Waals surface area contributed by atoms with E-state index in [1.165, 1.54) is 5.56 Å². The Morgan fingerprint density at radius 3 is 2.69 bits per heavy atom. The number of aliphatic hydroxyl groups is 1. The molecule has 7 nitrogen and oxygen atoms in total. The van der Waals surface area contributed by atoms with Crippen molar-refractivity contribution in [2.24, 2.45) is 12.0 Å². The van der Waals surface area contributed by atoms with Crippen LogP contribution in [0.3, 0.4) is 0 Å². The van der Waals surface area contributed by atoms with E-state index in [-0.39, 0.29) is 6.54 Å². The number of benzene rings is 1. The molecule has 2 aromatic rings. The van der Waals surface area contributed by atoms with E-state index in [0.717, 1.165) is 51.1 Å². The second kappa shape index (κ2) is 12.2. The monoisotopic (exact) mass is 401 g/mol. The van der Waals surface area contributed by atoms with Crippen LogP contribution in [0.2, 0.25) is 0 Å². The molecule has 2 rings (SSSR count). The Balaban J connectivity index is 1.63. The highest BCUT2D eigenvalue weighted by molar-refractivity contribution is 5.79. The summed E-state index contributed by atoms with van der Waals surface area (Å²) >= 11 is 0. The smallest absolute Gasteiger partial charge is 0.191 e. The van der Waals surface area contributed by atoms with Crippen molar-refractivity contribution in [1.29, 1.82) is 0 Å². The van der Waals surface area contributed by atoms with E-state index >= 15 is 0 Å². The molecule has 3 N–H and O–H groups in total. The highest BCUT2D eigenvalue weighted by Gasteiger charge is 2.24. The first-order chi connectivity index (χ1) is 14.0. The van der Waals surface area contributed by atoms with Gasteiger partial charge in [0.1, 0.15) is 5.60 Å². The molecular formula is C22H35N5O2. The molecule has 1 aromatic carbocycles. The molecule has 0 radical (unpaired) electrons. The van der Waals surface area contributed by atoms with E-state index in [4.69, 9.17) is 4.74 Å². The van der Waals surface area contributed by atoms with Crippen LogP contribution in [0.5, 0.6) is 0 Å². The van der Waals surface area contributed by atoms with E-state index in [1.54, 1.807) is 17.8 Å². The van der Waals surface area contributed by atoms with Crippen LogP contribution in [-0.4, -0.2) is 53.7 Å². The standard InChI is InChI=1S/C22H35N5O2/c1-4-23-21(25-18-22(2,28)20-16-26-27(3)17-20)24-13-8-9-14-29-15-12-19-10-6-5-7-11-19/h5-7,10-11,16-17,28H,4,8-9,12-15,18H2,1-3H3,(H2,23,24,25). The van der Waals surface area contributed by atoms with Crippen molar-refractivity contribution in [1.82, 2.24) is 20.4 Å². The van der Waals surface area contributed by atoms with Crippen LogP contribution in [0.25, 0.3) is 0 Å². The average Bonchev–Trinajstić information content (AvgIpc) is 3.16. The summed E-state index contributed by atoms with van der Waals surface area (Å²) in [6, 6.07) is 10.4. The normalized spacial score (nSPS) is 13.9. The third-order valence-corrected chi connectivity index (χ3v) is 4.60. The minimum Gasteiger partial charge on any atom is -0.383 e. The summed E-state index contributed by atoms with van der Waals surface area (Å²) in [5.74, 6) is 0.710. The quantitative estimate of drug-likeness (QED) is 0.289. The lowest BCUT2D eigenvalue weighted by Crippen LogP contribution is -2.39. The number of aliphatic imine (C=N–C) groups is 1. The molecule has 29 heavy (non-hydrogen) atoms. The molecule has 0 aliphatic rings. The summed E-state index contributed by atoms with van der Waals surface area (Å²) in [5.41, 5.74) is 1.01. The van der Waals surface area contributed by atoms with Gasteiger partial charge in [-0.05, 0) is 38.7 Å². The topological polar surface area (TPSA) is 83.7 Å². The number of guanidine groups is 1. The van der Waals surface area contributed by atoms with Gasteiger partial charge in [-0.1, -0.05) is 30.3 Å². The lowest BCUT2D eigenvalue weighted by Gasteiger charge is -2.20. The zero-order valence-corrected chi connectivity index (χ0v) is 17.9. The highest BCUT2D eigenvalue weighted by Crippen LogP contribution is 2.19. The fourth-order valence-electron chi connectivity index (χ4n) is 2.84. The van der Waals surface area contributed by atoms with Gasteiger partial charge in [0.2, 0.25) is 0 Å². The van der Waals surface area contributed by atoms with Crippen LogP contribution in [0, 0.1) is 0 Å². The Hall–Kier alpha value is -2.38. The van der Waals surface area contributed by atoms with Crippen molar-refractivity contribution in [3.05, 3.63) is 53.9 Å². The number of unbranched alkanes of at least 4 members (excludes halogenated alkanes) is 1. The zero-order chi connectivity index (χ0) is 21.0. The molecule has 0 saturated carbocycles. The molecule has 0 aliphatic heterocycles. The molecular weight excluding hydrogens is 366 g/mol. The summed E-state index contributed by atoms with van der Waals surface area (Å²) in [4.78, 5) is 4.53. The predicted molar refractivity (Wildman–Crippen MR) is 117 cm³/mol. The van der Waals surface area contributed by atoms with Crippen LogP contribution >= 0.6 is 0 Å². The van der Waals surface area contributed by atoms with Crippen LogP contribution < -0.4 is 10.6 Å². The lowest BCUT2D eigenvalue weighted by molar-refractivity contribution is 0.0672. The second-order valence-electron chi connectivity index (χ2n) is 7.35. The molecule has 1 unspecified atom stereocenters. The average molecular weight is 402 g/mol. The van der Waals surface area contributed by atoms with Gasteiger partial charge in [0, 0.05) is 38.5 Å². The van der Waals surface area contributed by atoms with Gasteiger partial charge >= 0.3 is 0 Å². The van der Waals surface area contributed by atoms with Crippen molar-refractivity contribution in [2.45, 2.75) is 38.7 Å². The maximum Gasteiger partial charge on any atom is 0.191 e. The molecule has 1 heterocycles. The van der Waals surface area contributed by atoms with E-state index in [9.17, 15) is 5.11 Å². The largest absolute Gasteiger partial charge is 0.383 e. The van der Waals surface area contributed by atoms with Gasteiger partial charge in [0.05, 0.1) is 19.3 Å². The Morgan fingerprint density at radius 2 is 2.00 bits per heavy atom. The molecule has 0 aliphatic carbocycles. The van der Waals surface area contributed by atoms with Crippen molar-refractivity contribution in [3.8, 4) is 0 Å². The first-order valence-corrected chi connectivity index (χ1v) is 10.4. The third-order valence-electron chi connectivity index (χ3n) is 4.60. The van der Waals surface area contributed by atoms with Crippen molar-refractivity contribution < 1.29 is 9.84 Å². The Bertz CT molecular complexity index is 728. The summed E-state index contributed by atoms with van der Waals surface area (Å²) < 4.78 is 7.40. The minimum absolute atomic E-state index is 0.261. The molecule has 1 atom stereocenters. The van der Waals surface area contributed by atoms with Crippen LogP contribution in [0.4, 0.5) is 0 Å². The molecule has 0 bridgehead atoms. The summed E-state index contributed by atoms with van der Waals surface area (Å²) in [6.45, 7) is 7.13. The number of rotatable bonds is 12.